The van der Waals surface area contributed by atoms with Crippen LogP contribution in [0.15, 0.2) is 12.1 Å². The third-order valence-electron chi connectivity index (χ3n) is 3.48. The van der Waals surface area contributed by atoms with Gasteiger partial charge in [-0.3, -0.25) is 0 Å². The van der Waals surface area contributed by atoms with Gasteiger partial charge in [-0.05, 0) is 39.3 Å². The molecule has 0 fully saturated rings. The molecule has 0 bridgehead atoms. The number of esters is 1. The molecule has 0 spiro atoms. The Morgan fingerprint density at radius 3 is 2.41 bits per heavy atom. The Morgan fingerprint density at radius 1 is 1.18 bits per heavy atom. The smallest absolute Gasteiger partial charge is 0.340 e. The quantitative estimate of drug-likeness (QED) is 0.430. The van der Waals surface area contributed by atoms with E-state index in [1.807, 2.05) is 13.8 Å². The number of ether oxygens (including phenoxy) is 2. The van der Waals surface area contributed by atoms with Crippen molar-refractivity contribution in [2.45, 2.75) is 40.5 Å². The highest BCUT2D eigenvalue weighted by molar-refractivity contribution is 5.99. The number of benzene rings is 1. The zero-order valence-electron chi connectivity index (χ0n) is 14.1. The zero-order chi connectivity index (χ0) is 16.5. The third-order valence-corrected chi connectivity index (χ3v) is 3.48. The van der Waals surface area contributed by atoms with E-state index in [-0.39, 0.29) is 5.97 Å². The predicted octanol–water partition coefficient (Wildman–Crippen LogP) is 3.47. The van der Waals surface area contributed by atoms with Crippen molar-refractivity contribution in [3.63, 3.8) is 0 Å². The van der Waals surface area contributed by atoms with Gasteiger partial charge in [-0.15, -0.1) is 0 Å². The van der Waals surface area contributed by atoms with E-state index in [1.54, 1.807) is 19.1 Å². The molecular formula is C17H28N2O3. The zero-order valence-corrected chi connectivity index (χ0v) is 14.1. The van der Waals surface area contributed by atoms with Gasteiger partial charge in [-0.2, -0.15) is 0 Å². The lowest BCUT2D eigenvalue weighted by Crippen LogP contribution is -2.26. The molecule has 22 heavy (non-hydrogen) atoms. The van der Waals surface area contributed by atoms with Crippen LogP contribution in [0.4, 0.5) is 11.4 Å². The Bertz CT molecular complexity index is 485. The molecule has 0 amide bonds. The van der Waals surface area contributed by atoms with E-state index in [9.17, 15) is 4.79 Å². The normalized spacial score (nSPS) is 10.4. The molecule has 0 aliphatic heterocycles. The van der Waals surface area contributed by atoms with Gasteiger partial charge in [0.15, 0.2) is 5.75 Å². The Balaban J connectivity index is 3.31. The third kappa shape index (κ3) is 4.29. The van der Waals surface area contributed by atoms with Gasteiger partial charge in [0.1, 0.15) is 0 Å². The monoisotopic (exact) mass is 308 g/mol. The molecule has 0 aliphatic carbocycles. The van der Waals surface area contributed by atoms with Crippen LogP contribution in [0.25, 0.3) is 0 Å². The first-order valence-corrected chi connectivity index (χ1v) is 8.07. The number of anilines is 2. The van der Waals surface area contributed by atoms with Gasteiger partial charge in [-0.25, -0.2) is 4.79 Å². The van der Waals surface area contributed by atoms with Crippen LogP contribution in [0.5, 0.6) is 5.75 Å². The number of hydrogen-bond donors (Lipinski definition) is 1. The first-order valence-electron chi connectivity index (χ1n) is 8.07. The molecule has 0 unspecified atom stereocenters. The molecule has 0 atom stereocenters. The molecule has 0 radical (unpaired) electrons. The summed E-state index contributed by atoms with van der Waals surface area (Å²) in [7, 11) is 0. The van der Waals surface area contributed by atoms with Gasteiger partial charge >= 0.3 is 5.97 Å². The standard InChI is InChI=1S/C17H28N2O3/c1-5-9-12-22-16-14(18)11-10-13(17(20)21-8-4)15(16)19(6-2)7-3/h10-11H,5-9,12,18H2,1-4H3. The van der Waals surface area contributed by atoms with Crippen molar-refractivity contribution in [2.75, 3.05) is 36.9 Å². The fourth-order valence-electron chi connectivity index (χ4n) is 2.28. The van der Waals surface area contributed by atoms with Crippen LogP contribution in [0.1, 0.15) is 50.9 Å². The van der Waals surface area contributed by atoms with Crippen LogP contribution in [-0.4, -0.2) is 32.3 Å². The summed E-state index contributed by atoms with van der Waals surface area (Å²) in [6.45, 7) is 10.4. The van der Waals surface area contributed by atoms with Crippen LogP contribution in [0.2, 0.25) is 0 Å². The van der Waals surface area contributed by atoms with Crippen LogP contribution in [-0.2, 0) is 4.74 Å². The molecule has 0 aromatic heterocycles. The molecule has 1 aromatic rings. The molecular weight excluding hydrogens is 280 g/mol. The van der Waals surface area contributed by atoms with Crippen molar-refractivity contribution in [2.24, 2.45) is 0 Å². The van der Waals surface area contributed by atoms with E-state index in [0.29, 0.717) is 30.2 Å². The summed E-state index contributed by atoms with van der Waals surface area (Å²) in [6.07, 6.45) is 1.98. The van der Waals surface area contributed by atoms with Crippen molar-refractivity contribution in [1.29, 1.82) is 0 Å². The van der Waals surface area contributed by atoms with Crippen molar-refractivity contribution in [3.8, 4) is 5.75 Å². The first kappa shape index (κ1) is 18.1. The van der Waals surface area contributed by atoms with Crippen LogP contribution >= 0.6 is 0 Å². The summed E-state index contributed by atoms with van der Waals surface area (Å²) in [4.78, 5) is 14.3. The van der Waals surface area contributed by atoms with Gasteiger partial charge in [-0.1, -0.05) is 13.3 Å². The maximum Gasteiger partial charge on any atom is 0.340 e. The Labute approximate surface area is 133 Å². The lowest BCUT2D eigenvalue weighted by Gasteiger charge is -2.27. The molecule has 0 saturated heterocycles. The summed E-state index contributed by atoms with van der Waals surface area (Å²) >= 11 is 0. The number of carbonyl (C=O) groups excluding carboxylic acids is 1. The molecule has 0 aliphatic rings. The van der Waals surface area contributed by atoms with Gasteiger partial charge in [0.25, 0.3) is 0 Å². The number of unbranched alkanes of at least 4 members (excludes halogenated alkanes) is 1. The number of rotatable bonds is 9. The summed E-state index contributed by atoms with van der Waals surface area (Å²) in [5.41, 5.74) is 7.88. The largest absolute Gasteiger partial charge is 0.489 e. The summed E-state index contributed by atoms with van der Waals surface area (Å²) in [6, 6.07) is 3.42. The Hall–Kier alpha value is -1.91. The van der Waals surface area contributed by atoms with E-state index in [0.717, 1.165) is 31.6 Å². The molecule has 5 nitrogen and oxygen atoms in total. The number of carbonyl (C=O) groups is 1. The molecule has 5 heteroatoms. The first-order chi connectivity index (χ1) is 10.6. The lowest BCUT2D eigenvalue weighted by molar-refractivity contribution is 0.0526. The van der Waals surface area contributed by atoms with Gasteiger partial charge in [0, 0.05) is 13.1 Å². The van der Waals surface area contributed by atoms with E-state index in [4.69, 9.17) is 15.2 Å². The van der Waals surface area contributed by atoms with Crippen molar-refractivity contribution < 1.29 is 14.3 Å². The average Bonchev–Trinajstić information content (AvgIpc) is 2.51. The van der Waals surface area contributed by atoms with E-state index >= 15 is 0 Å². The number of nitrogen functional groups attached to an aromatic ring is 1. The van der Waals surface area contributed by atoms with Crippen molar-refractivity contribution in [3.05, 3.63) is 17.7 Å². The summed E-state index contributed by atoms with van der Waals surface area (Å²) < 4.78 is 11.1. The fourth-order valence-corrected chi connectivity index (χ4v) is 2.28. The van der Waals surface area contributed by atoms with Crippen molar-refractivity contribution >= 4 is 17.3 Å². The maximum absolute atomic E-state index is 12.3. The van der Waals surface area contributed by atoms with Crippen LogP contribution in [0.3, 0.4) is 0 Å². The molecule has 0 heterocycles. The summed E-state index contributed by atoms with van der Waals surface area (Å²) in [5, 5.41) is 0. The van der Waals surface area contributed by atoms with Gasteiger partial charge in [0.05, 0.1) is 30.2 Å². The Kier molecular flexibility index (Phi) is 7.57. The fraction of sp³-hybridized carbons (Fsp3) is 0.588. The van der Waals surface area contributed by atoms with E-state index < -0.39 is 0 Å². The average molecular weight is 308 g/mol. The molecule has 1 aromatic carbocycles. The minimum Gasteiger partial charge on any atom is -0.489 e. The summed E-state index contributed by atoms with van der Waals surface area (Å²) in [5.74, 6) is 0.243. The van der Waals surface area contributed by atoms with Crippen molar-refractivity contribution in [1.82, 2.24) is 0 Å². The highest BCUT2D eigenvalue weighted by atomic mass is 16.5. The number of hydrogen-bond acceptors (Lipinski definition) is 5. The lowest BCUT2D eigenvalue weighted by atomic mass is 10.1. The van der Waals surface area contributed by atoms with Gasteiger partial charge in [0.2, 0.25) is 0 Å². The molecule has 2 N–H and O–H groups in total. The van der Waals surface area contributed by atoms with Gasteiger partial charge < -0.3 is 20.1 Å². The minimum absolute atomic E-state index is 0.340. The minimum atomic E-state index is -0.343. The molecule has 0 saturated carbocycles. The number of nitrogens with zero attached hydrogens (tertiary/aromatic N) is 1. The highest BCUT2D eigenvalue weighted by Crippen LogP contribution is 2.38. The highest BCUT2D eigenvalue weighted by Gasteiger charge is 2.23. The Morgan fingerprint density at radius 2 is 1.86 bits per heavy atom. The predicted molar refractivity (Wildman–Crippen MR) is 90.8 cm³/mol. The van der Waals surface area contributed by atoms with Crippen LogP contribution < -0.4 is 15.4 Å². The number of nitrogens with two attached hydrogens (primary N) is 1. The topological polar surface area (TPSA) is 64.8 Å². The molecule has 124 valence electrons. The van der Waals surface area contributed by atoms with E-state index in [1.165, 1.54) is 0 Å². The van der Waals surface area contributed by atoms with Crippen LogP contribution in [0, 0.1) is 0 Å². The second-order valence-corrected chi connectivity index (χ2v) is 4.97. The maximum atomic E-state index is 12.3. The SMILES string of the molecule is CCCCOc1c(N)ccc(C(=O)OCC)c1N(CC)CC. The van der Waals surface area contributed by atoms with E-state index in [2.05, 4.69) is 11.8 Å². The molecule has 1 rings (SSSR count). The second kappa shape index (κ2) is 9.18. The second-order valence-electron chi connectivity index (χ2n) is 4.97.